The molecule has 1 rings (SSSR count). The van der Waals surface area contributed by atoms with E-state index in [2.05, 4.69) is 9.84 Å². The lowest BCUT2D eigenvalue weighted by atomic mass is 10.4. The molecule has 2 N–H and O–H groups in total. The number of methoxy groups -OCH3 is 2. The van der Waals surface area contributed by atoms with E-state index in [-0.39, 0.29) is 5.69 Å². The summed E-state index contributed by atoms with van der Waals surface area (Å²) >= 11 is 0. The smallest absolute Gasteiger partial charge is 0.362 e. The zero-order valence-corrected chi connectivity index (χ0v) is 6.77. The zero-order valence-electron chi connectivity index (χ0n) is 6.77. The van der Waals surface area contributed by atoms with E-state index in [0.29, 0.717) is 5.75 Å². The fourth-order valence-corrected chi connectivity index (χ4v) is 0.787. The topological polar surface area (TPSA) is 79.4 Å². The molecule has 0 aliphatic heterocycles. The van der Waals surface area contributed by atoms with E-state index < -0.39 is 5.97 Å². The summed E-state index contributed by atoms with van der Waals surface area (Å²) in [7, 11) is 2.68. The van der Waals surface area contributed by atoms with Gasteiger partial charge in [-0.15, -0.1) is 0 Å². The molecule has 0 unspecified atom stereocenters. The molecule has 0 saturated heterocycles. The third-order valence-corrected chi connectivity index (χ3v) is 1.36. The van der Waals surface area contributed by atoms with Crippen molar-refractivity contribution in [1.82, 2.24) is 9.89 Å². The number of nitrogens with zero attached hydrogens (tertiary/aromatic N) is 2. The minimum Gasteiger partial charge on any atom is -0.492 e. The lowest BCUT2D eigenvalue weighted by Crippen LogP contribution is -2.19. The number of rotatable bonds is 2. The minimum atomic E-state index is -0.577. The highest BCUT2D eigenvalue weighted by atomic mass is 16.5. The van der Waals surface area contributed by atoms with E-state index in [9.17, 15) is 4.79 Å². The standard InChI is InChI=1S/C6H9N3O3/c1-11-4-3-8-9(7)5(4)6(10)12-2/h3H,7H2,1-2H3. The predicted octanol–water partition coefficient (Wildman–Crippen LogP) is -0.608. The van der Waals surface area contributed by atoms with Gasteiger partial charge in [0.05, 0.1) is 20.4 Å². The van der Waals surface area contributed by atoms with Gasteiger partial charge in [0.2, 0.25) is 5.69 Å². The van der Waals surface area contributed by atoms with Gasteiger partial charge in [-0.3, -0.25) is 0 Å². The summed E-state index contributed by atoms with van der Waals surface area (Å²) in [5, 5.41) is 3.63. The normalized spacial score (nSPS) is 9.50. The van der Waals surface area contributed by atoms with Crippen molar-refractivity contribution in [3.63, 3.8) is 0 Å². The molecule has 0 saturated carbocycles. The Morgan fingerprint density at radius 3 is 2.83 bits per heavy atom. The SMILES string of the molecule is COC(=O)c1c(OC)cnn1N. The zero-order chi connectivity index (χ0) is 9.14. The van der Waals surface area contributed by atoms with Crippen LogP contribution in [0.3, 0.4) is 0 Å². The number of carbonyl (C=O) groups excluding carboxylic acids is 1. The maximum Gasteiger partial charge on any atom is 0.362 e. The van der Waals surface area contributed by atoms with Crippen LogP contribution in [-0.2, 0) is 4.74 Å². The maximum atomic E-state index is 11.0. The minimum absolute atomic E-state index is 0.0972. The van der Waals surface area contributed by atoms with Crippen molar-refractivity contribution in [2.24, 2.45) is 0 Å². The molecule has 0 amide bonds. The van der Waals surface area contributed by atoms with Gasteiger partial charge in [0.15, 0.2) is 5.75 Å². The fourth-order valence-electron chi connectivity index (χ4n) is 0.787. The van der Waals surface area contributed by atoms with Crippen LogP contribution >= 0.6 is 0 Å². The van der Waals surface area contributed by atoms with Crippen molar-refractivity contribution >= 4 is 5.97 Å². The molecule has 66 valence electrons. The summed E-state index contributed by atoms with van der Waals surface area (Å²) < 4.78 is 9.28. The van der Waals surface area contributed by atoms with E-state index in [1.807, 2.05) is 0 Å². The number of esters is 1. The number of hydrogen-bond donors (Lipinski definition) is 1. The lowest BCUT2D eigenvalue weighted by Gasteiger charge is -2.01. The molecule has 0 radical (unpaired) electrons. The van der Waals surface area contributed by atoms with Crippen LogP contribution < -0.4 is 10.6 Å². The molecule has 0 aliphatic carbocycles. The molecule has 0 spiro atoms. The second kappa shape index (κ2) is 3.12. The van der Waals surface area contributed by atoms with Gasteiger partial charge in [-0.05, 0) is 0 Å². The molecular weight excluding hydrogens is 162 g/mol. The van der Waals surface area contributed by atoms with Crippen LogP contribution in [0.5, 0.6) is 5.75 Å². The van der Waals surface area contributed by atoms with Crippen molar-refractivity contribution in [1.29, 1.82) is 0 Å². The van der Waals surface area contributed by atoms with Gasteiger partial charge < -0.3 is 15.3 Å². The highest BCUT2D eigenvalue weighted by Gasteiger charge is 2.18. The first-order valence-electron chi connectivity index (χ1n) is 3.16. The van der Waals surface area contributed by atoms with Gasteiger partial charge in [-0.25, -0.2) is 4.79 Å². The summed E-state index contributed by atoms with van der Waals surface area (Å²) in [6.07, 6.45) is 1.34. The largest absolute Gasteiger partial charge is 0.492 e. The van der Waals surface area contributed by atoms with E-state index >= 15 is 0 Å². The number of nitrogens with two attached hydrogens (primary N) is 1. The Kier molecular flexibility index (Phi) is 2.18. The van der Waals surface area contributed by atoms with E-state index in [0.717, 1.165) is 4.79 Å². The quantitative estimate of drug-likeness (QED) is 0.474. The summed E-state index contributed by atoms with van der Waals surface area (Å²) in [6.45, 7) is 0. The van der Waals surface area contributed by atoms with Crippen molar-refractivity contribution in [2.45, 2.75) is 0 Å². The van der Waals surface area contributed by atoms with Crippen molar-refractivity contribution in [3.05, 3.63) is 11.9 Å². The number of carbonyl (C=O) groups is 1. The molecule has 0 atom stereocenters. The number of aromatic nitrogens is 2. The van der Waals surface area contributed by atoms with Crippen LogP contribution in [0.15, 0.2) is 6.20 Å². The van der Waals surface area contributed by atoms with Gasteiger partial charge in [0.25, 0.3) is 0 Å². The van der Waals surface area contributed by atoms with Gasteiger partial charge >= 0.3 is 5.97 Å². The van der Waals surface area contributed by atoms with Gasteiger partial charge in [-0.1, -0.05) is 0 Å². The molecule has 0 fully saturated rings. The van der Waals surface area contributed by atoms with Gasteiger partial charge in [0, 0.05) is 0 Å². The van der Waals surface area contributed by atoms with Crippen LogP contribution in [0, 0.1) is 0 Å². The summed E-state index contributed by atoms with van der Waals surface area (Å²) in [5.74, 6) is 5.04. The van der Waals surface area contributed by atoms with Gasteiger partial charge in [-0.2, -0.15) is 9.89 Å². The molecule has 1 aromatic rings. The molecule has 0 aromatic carbocycles. The second-order valence-corrected chi connectivity index (χ2v) is 2.00. The Labute approximate surface area is 68.8 Å². The predicted molar refractivity (Wildman–Crippen MR) is 40.3 cm³/mol. The first-order valence-corrected chi connectivity index (χ1v) is 3.16. The van der Waals surface area contributed by atoms with Crippen LogP contribution in [0.1, 0.15) is 10.5 Å². The maximum absolute atomic E-state index is 11.0. The van der Waals surface area contributed by atoms with Crippen molar-refractivity contribution in [3.8, 4) is 5.75 Å². The summed E-state index contributed by atoms with van der Waals surface area (Å²) in [4.78, 5) is 11.9. The third-order valence-electron chi connectivity index (χ3n) is 1.36. The molecule has 0 bridgehead atoms. The third kappa shape index (κ3) is 1.18. The van der Waals surface area contributed by atoms with Crippen LogP contribution in [0.25, 0.3) is 0 Å². The van der Waals surface area contributed by atoms with Gasteiger partial charge in [0.1, 0.15) is 0 Å². The molecule has 0 aliphatic rings. The number of nitrogen functional groups attached to an aromatic ring is 1. The molecule has 6 heteroatoms. The van der Waals surface area contributed by atoms with Crippen LogP contribution in [0.4, 0.5) is 0 Å². The monoisotopic (exact) mass is 171 g/mol. The van der Waals surface area contributed by atoms with Crippen molar-refractivity contribution < 1.29 is 14.3 Å². The molecule has 1 heterocycles. The van der Waals surface area contributed by atoms with Crippen LogP contribution in [-0.4, -0.2) is 30.1 Å². The average Bonchev–Trinajstić information content (AvgIpc) is 2.45. The summed E-state index contributed by atoms with van der Waals surface area (Å²) in [6, 6.07) is 0. The Bertz CT molecular complexity index is 294. The first kappa shape index (κ1) is 8.38. The average molecular weight is 171 g/mol. The molecule has 12 heavy (non-hydrogen) atoms. The number of ether oxygens (including phenoxy) is 2. The van der Waals surface area contributed by atoms with E-state index in [4.69, 9.17) is 10.6 Å². The van der Waals surface area contributed by atoms with E-state index in [1.54, 1.807) is 0 Å². The Balaban J connectivity index is 3.10. The second-order valence-electron chi connectivity index (χ2n) is 2.00. The van der Waals surface area contributed by atoms with Crippen molar-refractivity contribution in [2.75, 3.05) is 20.1 Å². The molecule has 6 nitrogen and oxygen atoms in total. The number of hydrogen-bond acceptors (Lipinski definition) is 5. The highest BCUT2D eigenvalue weighted by molar-refractivity contribution is 5.90. The first-order chi connectivity index (χ1) is 5.70. The lowest BCUT2D eigenvalue weighted by molar-refractivity contribution is 0.0585. The highest BCUT2D eigenvalue weighted by Crippen LogP contribution is 2.15. The molecular formula is C6H9N3O3. The fraction of sp³-hybridized carbons (Fsp3) is 0.333. The Morgan fingerprint density at radius 2 is 2.33 bits per heavy atom. The Hall–Kier alpha value is -1.72. The Morgan fingerprint density at radius 1 is 1.67 bits per heavy atom. The molecule has 1 aromatic heterocycles. The summed E-state index contributed by atoms with van der Waals surface area (Å²) in [5.41, 5.74) is 0.0972. The van der Waals surface area contributed by atoms with E-state index in [1.165, 1.54) is 20.4 Å². The van der Waals surface area contributed by atoms with Crippen LogP contribution in [0.2, 0.25) is 0 Å².